The summed E-state index contributed by atoms with van der Waals surface area (Å²) in [5.74, 6) is -0.513. The van der Waals surface area contributed by atoms with E-state index in [-0.39, 0.29) is 17.9 Å². The fourth-order valence-electron chi connectivity index (χ4n) is 5.40. The number of rotatable bonds is 10. The molecule has 1 aliphatic heterocycles. The van der Waals surface area contributed by atoms with Crippen molar-refractivity contribution in [2.75, 3.05) is 18.5 Å². The molecular formula is C32H37BN6O3. The summed E-state index contributed by atoms with van der Waals surface area (Å²) < 4.78 is 7.47. The summed E-state index contributed by atoms with van der Waals surface area (Å²) in [6.07, 6.45) is 4.38. The van der Waals surface area contributed by atoms with Crippen LogP contribution in [0.1, 0.15) is 69.8 Å². The van der Waals surface area contributed by atoms with Crippen molar-refractivity contribution in [2.24, 2.45) is 0 Å². The first-order valence-corrected chi connectivity index (χ1v) is 14.6. The molecule has 1 saturated heterocycles. The number of anilines is 1. The van der Waals surface area contributed by atoms with Crippen molar-refractivity contribution in [1.29, 1.82) is 0 Å². The Morgan fingerprint density at radius 2 is 1.74 bits per heavy atom. The van der Waals surface area contributed by atoms with Gasteiger partial charge in [-0.05, 0) is 62.4 Å². The maximum absolute atomic E-state index is 13.4. The van der Waals surface area contributed by atoms with Gasteiger partial charge < -0.3 is 20.7 Å². The molecule has 0 spiro atoms. The number of pyridine rings is 1. The number of amides is 2. The van der Waals surface area contributed by atoms with E-state index >= 15 is 0 Å². The van der Waals surface area contributed by atoms with Crippen molar-refractivity contribution in [1.82, 2.24) is 25.4 Å². The van der Waals surface area contributed by atoms with Crippen molar-refractivity contribution < 1.29 is 14.3 Å². The number of carbonyl (C=O) groups is 2. The second kappa shape index (κ2) is 13.2. The van der Waals surface area contributed by atoms with Crippen LogP contribution in [-0.4, -0.2) is 53.7 Å². The Bertz CT molecular complexity index is 1590. The summed E-state index contributed by atoms with van der Waals surface area (Å²) in [4.78, 5) is 31.4. The van der Waals surface area contributed by atoms with E-state index in [9.17, 15) is 9.59 Å². The molecule has 0 saturated carbocycles. The normalized spacial score (nSPS) is 13.7. The van der Waals surface area contributed by atoms with E-state index in [2.05, 4.69) is 28.0 Å². The molecule has 5 rings (SSSR count). The number of ether oxygens (including phenoxy) is 1. The number of benzene rings is 2. The topological polar surface area (TPSA) is 110 Å². The van der Waals surface area contributed by atoms with Gasteiger partial charge in [-0.3, -0.25) is 9.59 Å². The van der Waals surface area contributed by atoms with Crippen LogP contribution in [0.4, 0.5) is 5.69 Å². The summed E-state index contributed by atoms with van der Waals surface area (Å²) in [5.41, 5.74) is 6.89. The number of fused-ring (bicyclic) bond motifs is 1. The largest absolute Gasteiger partial charge is 0.381 e. The van der Waals surface area contributed by atoms with Gasteiger partial charge in [0.25, 0.3) is 11.8 Å². The SMILES string of the molecule is [B]c1cccc(CNC(=O)c2cc(C)cc(C(=O)NCc3c(CC)nc4c(cnn4CC)c3NC3CCOCC3)c2)c1. The Kier molecular flexibility index (Phi) is 9.22. The van der Waals surface area contributed by atoms with E-state index in [0.717, 1.165) is 71.7 Å². The zero-order chi connectivity index (χ0) is 29.6. The molecule has 0 aliphatic carbocycles. The van der Waals surface area contributed by atoms with Crippen molar-refractivity contribution in [3.05, 3.63) is 82.2 Å². The molecule has 1 aliphatic rings. The fourth-order valence-corrected chi connectivity index (χ4v) is 5.40. The predicted octanol–water partition coefficient (Wildman–Crippen LogP) is 3.57. The van der Waals surface area contributed by atoms with Crippen LogP contribution in [0.2, 0.25) is 0 Å². The zero-order valence-corrected chi connectivity index (χ0v) is 24.5. The molecule has 1 fully saturated rings. The summed E-state index contributed by atoms with van der Waals surface area (Å²) in [6.45, 7) is 8.78. The second-order valence-electron chi connectivity index (χ2n) is 10.7. The molecular weight excluding hydrogens is 527 g/mol. The van der Waals surface area contributed by atoms with Crippen molar-refractivity contribution in [2.45, 2.75) is 65.7 Å². The lowest BCUT2D eigenvalue weighted by Gasteiger charge is -2.26. The highest BCUT2D eigenvalue weighted by molar-refractivity contribution is 6.32. The van der Waals surface area contributed by atoms with Crippen LogP contribution in [0.5, 0.6) is 0 Å². The average Bonchev–Trinajstić information content (AvgIpc) is 3.42. The smallest absolute Gasteiger partial charge is 0.251 e. The molecule has 4 aromatic rings. The van der Waals surface area contributed by atoms with Gasteiger partial charge in [-0.1, -0.05) is 36.7 Å². The number of carbonyl (C=O) groups excluding carboxylic acids is 2. The highest BCUT2D eigenvalue weighted by Gasteiger charge is 2.22. The van der Waals surface area contributed by atoms with Gasteiger partial charge >= 0.3 is 0 Å². The highest BCUT2D eigenvalue weighted by Crippen LogP contribution is 2.31. The average molecular weight is 564 g/mol. The van der Waals surface area contributed by atoms with Gasteiger partial charge in [-0.15, -0.1) is 0 Å². The van der Waals surface area contributed by atoms with Gasteiger partial charge in [0.2, 0.25) is 0 Å². The second-order valence-corrected chi connectivity index (χ2v) is 10.7. The standard InChI is InChI=1S/C32H37BN6O3/c1-4-28-26(29(37-25-9-11-42-12-10-25)27-19-36-39(5-2)30(27)38-28)18-35-32(41)23-14-20(3)13-22(16-23)31(40)34-17-21-7-6-8-24(33)15-21/h6-8,13-16,19,25H,4-5,9-12,17-18H2,1-3H3,(H,34,40)(H,35,41)(H,37,38). The van der Waals surface area contributed by atoms with Crippen LogP contribution in [-0.2, 0) is 30.8 Å². The molecule has 0 unspecified atom stereocenters. The van der Waals surface area contributed by atoms with Crippen LogP contribution >= 0.6 is 0 Å². The minimum absolute atomic E-state index is 0.256. The van der Waals surface area contributed by atoms with Crippen LogP contribution < -0.4 is 21.4 Å². The summed E-state index contributed by atoms with van der Waals surface area (Å²) in [7, 11) is 5.85. The number of nitrogens with zero attached hydrogens (tertiary/aromatic N) is 3. The molecule has 0 bridgehead atoms. The minimum atomic E-state index is -0.257. The Labute approximate surface area is 247 Å². The number of hydrogen-bond donors (Lipinski definition) is 3. The third kappa shape index (κ3) is 6.65. The van der Waals surface area contributed by atoms with Gasteiger partial charge in [0.1, 0.15) is 7.85 Å². The predicted molar refractivity (Wildman–Crippen MR) is 165 cm³/mol. The molecule has 2 radical (unpaired) electrons. The first-order valence-electron chi connectivity index (χ1n) is 14.6. The first-order chi connectivity index (χ1) is 20.4. The minimum Gasteiger partial charge on any atom is -0.381 e. The summed E-state index contributed by atoms with van der Waals surface area (Å²) in [5, 5.41) is 15.3. The van der Waals surface area contributed by atoms with Gasteiger partial charge in [-0.25, -0.2) is 9.67 Å². The molecule has 2 aromatic heterocycles. The molecule has 42 heavy (non-hydrogen) atoms. The zero-order valence-electron chi connectivity index (χ0n) is 24.5. The quantitative estimate of drug-likeness (QED) is 0.254. The molecule has 9 nitrogen and oxygen atoms in total. The van der Waals surface area contributed by atoms with Crippen molar-refractivity contribution >= 4 is 41.8 Å². The highest BCUT2D eigenvalue weighted by atomic mass is 16.5. The third-order valence-electron chi connectivity index (χ3n) is 7.61. The maximum atomic E-state index is 13.4. The Morgan fingerprint density at radius 1 is 1.02 bits per heavy atom. The molecule has 2 amide bonds. The van der Waals surface area contributed by atoms with E-state index in [1.54, 1.807) is 24.3 Å². The number of aryl methyl sites for hydroxylation is 3. The lowest BCUT2D eigenvalue weighted by molar-refractivity contribution is 0.0904. The summed E-state index contributed by atoms with van der Waals surface area (Å²) >= 11 is 0. The lowest BCUT2D eigenvalue weighted by Crippen LogP contribution is -2.30. The van der Waals surface area contributed by atoms with Gasteiger partial charge in [0.15, 0.2) is 5.65 Å². The molecule has 10 heteroatoms. The van der Waals surface area contributed by atoms with Crippen LogP contribution in [0.25, 0.3) is 11.0 Å². The maximum Gasteiger partial charge on any atom is 0.251 e. The van der Waals surface area contributed by atoms with Crippen molar-refractivity contribution in [3.8, 4) is 0 Å². The molecule has 2 aromatic carbocycles. The van der Waals surface area contributed by atoms with Crippen molar-refractivity contribution in [3.63, 3.8) is 0 Å². The molecule has 0 atom stereocenters. The van der Waals surface area contributed by atoms with Gasteiger partial charge in [0, 0.05) is 61.3 Å². The van der Waals surface area contributed by atoms with E-state index < -0.39 is 0 Å². The molecule has 3 N–H and O–H groups in total. The van der Waals surface area contributed by atoms with Gasteiger partial charge in [0.05, 0.1) is 17.3 Å². The molecule has 3 heterocycles. The summed E-state index contributed by atoms with van der Waals surface area (Å²) in [6, 6.07) is 12.8. The number of aromatic nitrogens is 3. The first kappa shape index (κ1) is 29.3. The Hall–Kier alpha value is -4.18. The van der Waals surface area contributed by atoms with E-state index in [4.69, 9.17) is 17.6 Å². The van der Waals surface area contributed by atoms with E-state index in [1.165, 1.54) is 0 Å². The lowest BCUT2D eigenvalue weighted by atomic mass is 9.94. The number of hydrogen-bond acceptors (Lipinski definition) is 6. The van der Waals surface area contributed by atoms with Crippen LogP contribution in [0.3, 0.4) is 0 Å². The third-order valence-corrected chi connectivity index (χ3v) is 7.61. The van der Waals surface area contributed by atoms with Gasteiger partial charge in [-0.2, -0.15) is 5.10 Å². The Balaban J connectivity index is 1.37. The van der Waals surface area contributed by atoms with Crippen LogP contribution in [0.15, 0.2) is 48.7 Å². The monoisotopic (exact) mass is 564 g/mol. The Morgan fingerprint density at radius 3 is 2.40 bits per heavy atom. The van der Waals surface area contributed by atoms with Crippen LogP contribution in [0, 0.1) is 6.92 Å². The number of nitrogens with one attached hydrogen (secondary N) is 3. The fraction of sp³-hybridized carbons (Fsp3) is 0.375. The van der Waals surface area contributed by atoms with E-state index in [1.807, 2.05) is 42.9 Å². The van der Waals surface area contributed by atoms with E-state index in [0.29, 0.717) is 36.1 Å². The molecule has 216 valence electrons.